The third-order valence-electron chi connectivity index (χ3n) is 2.67. The number of hydrogen-bond donors (Lipinski definition) is 1. The molecule has 0 aromatic heterocycles. The fourth-order valence-electron chi connectivity index (χ4n) is 1.74. The zero-order valence-electron chi connectivity index (χ0n) is 10.3. The van der Waals surface area contributed by atoms with Crippen molar-refractivity contribution in [1.29, 1.82) is 0 Å². The molecule has 0 bridgehead atoms. The van der Waals surface area contributed by atoms with Crippen molar-refractivity contribution in [2.75, 3.05) is 13.2 Å². The van der Waals surface area contributed by atoms with E-state index in [0.29, 0.717) is 12.8 Å². The monoisotopic (exact) mass is 255 g/mol. The Morgan fingerprint density at radius 1 is 1.29 bits per heavy atom. The topological polar surface area (TPSA) is 40.5 Å². The van der Waals surface area contributed by atoms with Crippen LogP contribution in [0.2, 0.25) is 0 Å². The van der Waals surface area contributed by atoms with Gasteiger partial charge in [-0.1, -0.05) is 13.8 Å². The quantitative estimate of drug-likeness (QED) is 0.758. The van der Waals surface area contributed by atoms with Crippen molar-refractivity contribution in [3.8, 4) is 0 Å². The summed E-state index contributed by atoms with van der Waals surface area (Å²) < 4.78 is 36.0. The van der Waals surface area contributed by atoms with Gasteiger partial charge in [-0.15, -0.1) is 0 Å². The molecule has 0 atom stereocenters. The highest BCUT2D eigenvalue weighted by Crippen LogP contribution is 2.22. The van der Waals surface area contributed by atoms with Crippen LogP contribution in [0.1, 0.15) is 39.5 Å². The molecule has 0 saturated carbocycles. The van der Waals surface area contributed by atoms with Crippen LogP contribution >= 0.6 is 0 Å². The van der Waals surface area contributed by atoms with Gasteiger partial charge in [0.2, 0.25) is 5.91 Å². The zero-order chi connectivity index (χ0) is 13.5. The lowest BCUT2D eigenvalue weighted by Gasteiger charge is -2.30. The second-order valence-corrected chi connectivity index (χ2v) is 3.90. The maximum absolute atomic E-state index is 12.0. The van der Waals surface area contributed by atoms with Gasteiger partial charge in [-0.05, 0) is 12.8 Å². The van der Waals surface area contributed by atoms with Crippen LogP contribution in [0.3, 0.4) is 0 Å². The summed E-state index contributed by atoms with van der Waals surface area (Å²) in [5.41, 5.74) is 0. The molecule has 0 aromatic carbocycles. The maximum atomic E-state index is 12.0. The Labute approximate surface area is 99.6 Å². The lowest BCUT2D eigenvalue weighted by Crippen LogP contribution is -2.41. The summed E-state index contributed by atoms with van der Waals surface area (Å²) in [7, 11) is 0. The maximum Gasteiger partial charge on any atom is 0.389 e. The van der Waals surface area contributed by atoms with Crippen molar-refractivity contribution >= 4 is 5.91 Å². The van der Waals surface area contributed by atoms with Crippen LogP contribution in [0.25, 0.3) is 0 Å². The van der Waals surface area contributed by atoms with E-state index in [1.807, 2.05) is 13.8 Å². The molecule has 17 heavy (non-hydrogen) atoms. The number of carbonyl (C=O) groups excluding carboxylic acids is 1. The summed E-state index contributed by atoms with van der Waals surface area (Å²) in [6.45, 7) is 3.61. The molecule has 6 heteroatoms. The first-order chi connectivity index (χ1) is 7.85. The lowest BCUT2D eigenvalue weighted by molar-refractivity contribution is -0.150. The van der Waals surface area contributed by atoms with E-state index in [9.17, 15) is 18.0 Å². The molecule has 102 valence electrons. The number of carbonyl (C=O) groups is 1. The first kappa shape index (κ1) is 16.2. The van der Waals surface area contributed by atoms with E-state index in [4.69, 9.17) is 5.11 Å². The smallest absolute Gasteiger partial charge is 0.389 e. The van der Waals surface area contributed by atoms with E-state index in [0.717, 1.165) is 0 Å². The Morgan fingerprint density at radius 3 is 2.18 bits per heavy atom. The largest absolute Gasteiger partial charge is 0.395 e. The first-order valence-electron chi connectivity index (χ1n) is 5.82. The number of amides is 1. The van der Waals surface area contributed by atoms with Crippen LogP contribution in [-0.4, -0.2) is 41.3 Å². The standard InChI is InChI=1S/C11H20F3NO2/c1-3-9(4-2)15(7-8-16)10(17)5-6-11(12,13)14/h9,16H,3-8H2,1-2H3. The zero-order valence-corrected chi connectivity index (χ0v) is 10.3. The SMILES string of the molecule is CCC(CC)N(CCO)C(=O)CCC(F)(F)F. The average molecular weight is 255 g/mol. The first-order valence-corrected chi connectivity index (χ1v) is 5.82. The highest BCUT2D eigenvalue weighted by Gasteiger charge is 2.30. The highest BCUT2D eigenvalue weighted by molar-refractivity contribution is 5.76. The van der Waals surface area contributed by atoms with Crippen molar-refractivity contribution in [2.45, 2.75) is 51.7 Å². The van der Waals surface area contributed by atoms with Gasteiger partial charge < -0.3 is 10.0 Å². The van der Waals surface area contributed by atoms with Gasteiger partial charge in [0.25, 0.3) is 0 Å². The normalized spacial score (nSPS) is 11.9. The van der Waals surface area contributed by atoms with Crippen LogP contribution in [0.4, 0.5) is 13.2 Å². The molecule has 0 spiro atoms. The summed E-state index contributed by atoms with van der Waals surface area (Å²) in [4.78, 5) is 13.0. The lowest BCUT2D eigenvalue weighted by atomic mass is 10.1. The van der Waals surface area contributed by atoms with Gasteiger partial charge in [0.15, 0.2) is 0 Å². The molecule has 0 heterocycles. The van der Waals surface area contributed by atoms with Crippen molar-refractivity contribution < 1.29 is 23.1 Å². The number of halogens is 3. The molecule has 0 aliphatic carbocycles. The molecule has 1 amide bonds. The summed E-state index contributed by atoms with van der Waals surface area (Å²) in [5.74, 6) is -0.537. The van der Waals surface area contributed by atoms with E-state index < -0.39 is 24.9 Å². The predicted molar refractivity (Wildman–Crippen MR) is 58.5 cm³/mol. The number of hydrogen-bond acceptors (Lipinski definition) is 2. The number of aliphatic hydroxyl groups is 1. The molecular formula is C11H20F3NO2. The van der Waals surface area contributed by atoms with Crippen LogP contribution in [0.15, 0.2) is 0 Å². The molecule has 0 aliphatic heterocycles. The minimum Gasteiger partial charge on any atom is -0.395 e. The molecule has 0 rings (SSSR count). The van der Waals surface area contributed by atoms with Gasteiger partial charge in [-0.2, -0.15) is 13.2 Å². The van der Waals surface area contributed by atoms with Crippen LogP contribution < -0.4 is 0 Å². The second kappa shape index (κ2) is 7.53. The van der Waals surface area contributed by atoms with E-state index in [1.54, 1.807) is 0 Å². The van der Waals surface area contributed by atoms with E-state index in [2.05, 4.69) is 0 Å². The van der Waals surface area contributed by atoms with Gasteiger partial charge in [-0.25, -0.2) is 0 Å². The molecule has 0 aromatic rings. The van der Waals surface area contributed by atoms with Crippen molar-refractivity contribution in [3.63, 3.8) is 0 Å². The number of alkyl halides is 3. The van der Waals surface area contributed by atoms with Crippen LogP contribution in [0.5, 0.6) is 0 Å². The Hall–Kier alpha value is -0.780. The number of aliphatic hydroxyl groups excluding tert-OH is 1. The molecule has 0 fully saturated rings. The Bertz CT molecular complexity index is 227. The third kappa shape index (κ3) is 6.51. The predicted octanol–water partition coefficient (Wildman–Crippen LogP) is 2.34. The summed E-state index contributed by atoms with van der Waals surface area (Å²) >= 11 is 0. The number of rotatable bonds is 7. The Kier molecular flexibility index (Phi) is 7.18. The van der Waals surface area contributed by atoms with Crippen LogP contribution in [0, 0.1) is 0 Å². The van der Waals surface area contributed by atoms with Crippen molar-refractivity contribution in [1.82, 2.24) is 4.90 Å². The van der Waals surface area contributed by atoms with Gasteiger partial charge in [0, 0.05) is 19.0 Å². The second-order valence-electron chi connectivity index (χ2n) is 3.90. The molecular weight excluding hydrogens is 235 g/mol. The van der Waals surface area contributed by atoms with E-state index in [-0.39, 0.29) is 19.2 Å². The minimum atomic E-state index is -4.31. The third-order valence-corrected chi connectivity index (χ3v) is 2.67. The molecule has 0 saturated heterocycles. The van der Waals surface area contributed by atoms with E-state index >= 15 is 0 Å². The fraction of sp³-hybridized carbons (Fsp3) is 0.909. The summed E-state index contributed by atoms with van der Waals surface area (Å²) in [6.07, 6.45) is -4.61. The van der Waals surface area contributed by atoms with Gasteiger partial charge >= 0.3 is 6.18 Å². The van der Waals surface area contributed by atoms with Crippen molar-refractivity contribution in [3.05, 3.63) is 0 Å². The molecule has 0 radical (unpaired) electrons. The fourth-order valence-corrected chi connectivity index (χ4v) is 1.74. The van der Waals surface area contributed by atoms with Crippen molar-refractivity contribution in [2.24, 2.45) is 0 Å². The van der Waals surface area contributed by atoms with Gasteiger partial charge in [-0.3, -0.25) is 4.79 Å². The number of nitrogens with zero attached hydrogens (tertiary/aromatic N) is 1. The van der Waals surface area contributed by atoms with Gasteiger partial charge in [0.1, 0.15) is 0 Å². The summed E-state index contributed by atoms with van der Waals surface area (Å²) in [6, 6.07) is -0.0946. The molecule has 0 aliphatic rings. The molecule has 3 nitrogen and oxygen atoms in total. The Morgan fingerprint density at radius 2 is 1.82 bits per heavy atom. The molecule has 0 unspecified atom stereocenters. The highest BCUT2D eigenvalue weighted by atomic mass is 19.4. The van der Waals surface area contributed by atoms with Crippen LogP contribution in [-0.2, 0) is 4.79 Å². The molecule has 1 N–H and O–H groups in total. The van der Waals surface area contributed by atoms with E-state index in [1.165, 1.54) is 4.90 Å². The Balaban J connectivity index is 4.43. The average Bonchev–Trinajstić information content (AvgIpc) is 2.25. The summed E-state index contributed by atoms with van der Waals surface area (Å²) in [5, 5.41) is 8.84. The van der Waals surface area contributed by atoms with Gasteiger partial charge in [0.05, 0.1) is 13.0 Å². The minimum absolute atomic E-state index is 0.0946.